The van der Waals surface area contributed by atoms with E-state index >= 15 is 0 Å². The molecule has 2 rings (SSSR count). The van der Waals surface area contributed by atoms with E-state index in [4.69, 9.17) is 18.9 Å². The Kier molecular flexibility index (Phi) is 11.5. The molecule has 0 amide bonds. The zero-order valence-corrected chi connectivity index (χ0v) is 21.4. The van der Waals surface area contributed by atoms with E-state index in [-0.39, 0.29) is 12.0 Å². The Morgan fingerprint density at radius 2 is 1.41 bits per heavy atom. The average molecular weight is 490 g/mol. The highest BCUT2D eigenvalue weighted by Gasteiger charge is 2.17. The molecule has 0 aromatic heterocycles. The summed E-state index contributed by atoms with van der Waals surface area (Å²) >= 11 is 0. The molecule has 0 spiro atoms. The van der Waals surface area contributed by atoms with Crippen molar-refractivity contribution in [2.45, 2.75) is 13.8 Å². The van der Waals surface area contributed by atoms with Crippen LogP contribution in [0.4, 0.5) is 5.69 Å². The third kappa shape index (κ3) is 7.18. The van der Waals surface area contributed by atoms with Gasteiger partial charge in [0.15, 0.2) is 11.5 Å². The maximum absolute atomic E-state index is 12.7. The molecule has 0 bridgehead atoms. The Balaban J connectivity index is 0.00000375. The molecular formula is C26H35NO6S. The molecule has 1 N–H and O–H groups in total. The van der Waals surface area contributed by atoms with Gasteiger partial charge in [0.05, 0.1) is 39.0 Å². The molecule has 7 nitrogen and oxygen atoms in total. The van der Waals surface area contributed by atoms with Crippen LogP contribution in [-0.2, 0) is 10.0 Å². The molecule has 0 atom stereocenters. The van der Waals surface area contributed by atoms with Gasteiger partial charge in [0, 0.05) is 1.43 Å². The predicted octanol–water partition coefficient (Wildman–Crippen LogP) is 6.16. The molecule has 8 heteroatoms. The SMILES string of the molecule is C=C/C=C(\C=C)S(=O)(=O)Nc1cc(/C=C\c2cc(OC)c(OC)c(OC)c2)ccc1OC.CC.[HH]. The largest absolute Gasteiger partial charge is 0.495 e. The second-order valence-corrected chi connectivity index (χ2v) is 8.05. The number of ether oxygens (including phenoxy) is 4. The fourth-order valence-electron chi connectivity index (χ4n) is 2.89. The molecule has 186 valence electrons. The van der Waals surface area contributed by atoms with Crippen molar-refractivity contribution < 1.29 is 28.8 Å². The van der Waals surface area contributed by atoms with E-state index in [2.05, 4.69) is 17.9 Å². The van der Waals surface area contributed by atoms with Crippen LogP contribution in [-0.4, -0.2) is 36.9 Å². The van der Waals surface area contributed by atoms with Crippen LogP contribution in [0.15, 0.2) is 66.6 Å². The standard InChI is InChI=1S/C24H27NO6S.C2H6.H2/c1-7-9-19(8-2)32(26,27)25-20-14-17(12-13-21(20)28-3)10-11-18-15-22(29-4)24(31-6)23(16-18)30-5;1-2;/h7-16,25H,1-2H2,3-6H3;1-2H3;1H/b11-10-,19-9+;;. The highest BCUT2D eigenvalue weighted by molar-refractivity contribution is 7.96. The second kappa shape index (κ2) is 13.8. The van der Waals surface area contributed by atoms with Crippen LogP contribution in [0.2, 0.25) is 0 Å². The van der Waals surface area contributed by atoms with E-state index in [0.717, 1.165) is 11.1 Å². The molecule has 0 heterocycles. The normalized spacial score (nSPS) is 11.2. The highest BCUT2D eigenvalue weighted by atomic mass is 32.2. The van der Waals surface area contributed by atoms with Crippen molar-refractivity contribution in [2.75, 3.05) is 33.2 Å². The molecule has 0 aliphatic heterocycles. The smallest absolute Gasteiger partial charge is 0.261 e. The number of hydrogen-bond acceptors (Lipinski definition) is 6. The van der Waals surface area contributed by atoms with Gasteiger partial charge in [-0.2, -0.15) is 0 Å². The molecule has 0 fully saturated rings. The average Bonchev–Trinajstić information content (AvgIpc) is 2.86. The lowest BCUT2D eigenvalue weighted by molar-refractivity contribution is 0.324. The lowest BCUT2D eigenvalue weighted by Crippen LogP contribution is -2.14. The van der Waals surface area contributed by atoms with E-state index in [1.165, 1.54) is 32.4 Å². The van der Waals surface area contributed by atoms with Gasteiger partial charge in [-0.25, -0.2) is 8.42 Å². The number of hydrogen-bond donors (Lipinski definition) is 1. The number of benzene rings is 2. The summed E-state index contributed by atoms with van der Waals surface area (Å²) in [5.41, 5.74) is 1.83. The van der Waals surface area contributed by atoms with Gasteiger partial charge in [0.2, 0.25) is 5.75 Å². The van der Waals surface area contributed by atoms with Gasteiger partial charge in [0.1, 0.15) is 5.75 Å². The Labute approximate surface area is 204 Å². The van der Waals surface area contributed by atoms with Crippen LogP contribution in [0.1, 0.15) is 26.4 Å². The highest BCUT2D eigenvalue weighted by Crippen LogP contribution is 2.38. The molecule has 0 radical (unpaired) electrons. The van der Waals surface area contributed by atoms with E-state index in [1.54, 1.807) is 44.6 Å². The molecule has 2 aromatic carbocycles. The predicted molar refractivity (Wildman–Crippen MR) is 143 cm³/mol. The number of sulfonamides is 1. The van der Waals surface area contributed by atoms with Crippen LogP contribution in [0.5, 0.6) is 23.0 Å². The minimum absolute atomic E-state index is 0. The number of allylic oxidation sites excluding steroid dienone is 3. The Bertz CT molecular complexity index is 1130. The van der Waals surface area contributed by atoms with Gasteiger partial charge in [0.25, 0.3) is 10.0 Å². The summed E-state index contributed by atoms with van der Waals surface area (Å²) in [6.45, 7) is 11.1. The summed E-state index contributed by atoms with van der Waals surface area (Å²) in [7, 11) is 2.24. The molecule has 0 unspecified atom stereocenters. The quantitative estimate of drug-likeness (QED) is 0.301. The summed E-state index contributed by atoms with van der Waals surface area (Å²) in [5.74, 6) is 1.93. The summed E-state index contributed by atoms with van der Waals surface area (Å²) in [6.07, 6.45) is 7.65. The molecule has 0 saturated heterocycles. The first-order valence-electron chi connectivity index (χ1n) is 10.5. The van der Waals surface area contributed by atoms with Gasteiger partial charge in [-0.05, 0) is 47.5 Å². The zero-order chi connectivity index (χ0) is 25.7. The summed E-state index contributed by atoms with van der Waals surface area (Å²) in [4.78, 5) is -0.00655. The van der Waals surface area contributed by atoms with Gasteiger partial charge in [-0.1, -0.05) is 51.3 Å². The monoisotopic (exact) mass is 489 g/mol. The molecule has 0 aliphatic carbocycles. The minimum atomic E-state index is -3.86. The molecule has 2 aromatic rings. The minimum Gasteiger partial charge on any atom is -0.495 e. The first-order chi connectivity index (χ1) is 16.3. The zero-order valence-electron chi connectivity index (χ0n) is 20.5. The maximum atomic E-state index is 12.7. The summed E-state index contributed by atoms with van der Waals surface area (Å²) in [5, 5.41) is 0. The third-order valence-electron chi connectivity index (χ3n) is 4.42. The Morgan fingerprint density at radius 1 is 0.853 bits per heavy atom. The Morgan fingerprint density at radius 3 is 1.88 bits per heavy atom. The summed E-state index contributed by atoms with van der Waals surface area (Å²) < 4.78 is 49.3. The number of rotatable bonds is 11. The maximum Gasteiger partial charge on any atom is 0.261 e. The van der Waals surface area contributed by atoms with Crippen molar-refractivity contribution in [3.05, 3.63) is 77.7 Å². The molecule has 0 aliphatic rings. The molecule has 0 saturated carbocycles. The van der Waals surface area contributed by atoms with Crippen molar-refractivity contribution in [3.8, 4) is 23.0 Å². The van der Waals surface area contributed by atoms with Crippen LogP contribution in [0, 0.1) is 0 Å². The van der Waals surface area contributed by atoms with Gasteiger partial charge in [-0.15, -0.1) is 0 Å². The van der Waals surface area contributed by atoms with Crippen molar-refractivity contribution in [3.63, 3.8) is 0 Å². The first kappa shape index (κ1) is 28.4. The number of anilines is 1. The van der Waals surface area contributed by atoms with Gasteiger partial charge in [-0.3, -0.25) is 4.72 Å². The third-order valence-corrected chi connectivity index (χ3v) is 5.83. The topological polar surface area (TPSA) is 83.1 Å². The fraction of sp³-hybridized carbons (Fsp3) is 0.231. The van der Waals surface area contributed by atoms with Crippen LogP contribution in [0.25, 0.3) is 12.2 Å². The fourth-order valence-corrected chi connectivity index (χ4v) is 3.95. The lowest BCUT2D eigenvalue weighted by atomic mass is 10.1. The number of nitrogens with one attached hydrogen (secondary N) is 1. The molecular weight excluding hydrogens is 454 g/mol. The Hall–Kier alpha value is -3.65. The van der Waals surface area contributed by atoms with Crippen molar-refractivity contribution in [1.82, 2.24) is 0 Å². The lowest BCUT2D eigenvalue weighted by Gasteiger charge is -2.13. The number of methoxy groups -OCH3 is 4. The summed E-state index contributed by atoms with van der Waals surface area (Å²) in [6, 6.07) is 8.76. The van der Waals surface area contributed by atoms with Crippen molar-refractivity contribution >= 4 is 27.9 Å². The van der Waals surface area contributed by atoms with Crippen molar-refractivity contribution in [2.24, 2.45) is 0 Å². The van der Waals surface area contributed by atoms with Crippen LogP contribution < -0.4 is 23.7 Å². The van der Waals surface area contributed by atoms with Gasteiger partial charge >= 0.3 is 0 Å². The molecule has 34 heavy (non-hydrogen) atoms. The van der Waals surface area contributed by atoms with E-state index in [1.807, 2.05) is 26.0 Å². The van der Waals surface area contributed by atoms with Crippen LogP contribution in [0.3, 0.4) is 0 Å². The van der Waals surface area contributed by atoms with Crippen LogP contribution >= 0.6 is 0 Å². The van der Waals surface area contributed by atoms with Crippen molar-refractivity contribution in [1.29, 1.82) is 0 Å². The first-order valence-corrected chi connectivity index (χ1v) is 12.0. The van der Waals surface area contributed by atoms with E-state index < -0.39 is 10.0 Å². The van der Waals surface area contributed by atoms with E-state index in [0.29, 0.717) is 23.0 Å². The van der Waals surface area contributed by atoms with Gasteiger partial charge < -0.3 is 18.9 Å². The second-order valence-electron chi connectivity index (χ2n) is 6.37. The van der Waals surface area contributed by atoms with E-state index in [9.17, 15) is 8.42 Å².